The molecular formula is C21H20O11. The molecule has 11 heteroatoms. The van der Waals surface area contributed by atoms with E-state index in [1.807, 2.05) is 0 Å². The molecule has 1 aromatic heterocycles. The summed E-state index contributed by atoms with van der Waals surface area (Å²) in [5.74, 6) is -1.73. The van der Waals surface area contributed by atoms with Gasteiger partial charge >= 0.3 is 0 Å². The van der Waals surface area contributed by atoms with Crippen molar-refractivity contribution in [3.63, 3.8) is 0 Å². The van der Waals surface area contributed by atoms with E-state index < -0.39 is 65.6 Å². The van der Waals surface area contributed by atoms with Gasteiger partial charge in [0.2, 0.25) is 12.0 Å². The van der Waals surface area contributed by atoms with E-state index in [9.17, 15) is 40.5 Å². The van der Waals surface area contributed by atoms with Crippen molar-refractivity contribution in [3.05, 3.63) is 46.6 Å². The summed E-state index contributed by atoms with van der Waals surface area (Å²) in [6, 6.07) is 7.70. The average molecular weight is 448 g/mol. The molecule has 1 saturated heterocycles. The van der Waals surface area contributed by atoms with Gasteiger partial charge in [0.1, 0.15) is 47.1 Å². The van der Waals surface area contributed by atoms with Gasteiger partial charge in [-0.25, -0.2) is 0 Å². The molecule has 4 rings (SSSR count). The number of aliphatic hydroxyl groups is 4. The van der Waals surface area contributed by atoms with Gasteiger partial charge in [-0.15, -0.1) is 0 Å². The molecule has 2 aromatic carbocycles. The lowest BCUT2D eigenvalue weighted by molar-refractivity contribution is -0.277. The molecule has 170 valence electrons. The van der Waals surface area contributed by atoms with Crippen LogP contribution in [0.4, 0.5) is 0 Å². The largest absolute Gasteiger partial charge is 0.508 e. The SMILES string of the molecule is O=c1cc(-c2ccc(O)cc2)oc2c(O)c(OC3O[C@H](CO)[C@@H](O)[C@H](O)[C@H]3O)cc(O)c12. The first-order chi connectivity index (χ1) is 15.2. The Morgan fingerprint density at radius 1 is 0.938 bits per heavy atom. The van der Waals surface area contributed by atoms with Crippen molar-refractivity contribution >= 4 is 11.0 Å². The van der Waals surface area contributed by atoms with E-state index in [2.05, 4.69) is 0 Å². The summed E-state index contributed by atoms with van der Waals surface area (Å²) in [4.78, 5) is 12.6. The number of aliphatic hydroxyl groups excluding tert-OH is 4. The molecule has 1 aliphatic rings. The molecule has 7 N–H and O–H groups in total. The normalized spacial score (nSPS) is 25.7. The van der Waals surface area contributed by atoms with Crippen LogP contribution in [0.3, 0.4) is 0 Å². The second-order valence-electron chi connectivity index (χ2n) is 7.28. The Balaban J connectivity index is 1.77. The third-order valence-corrected chi connectivity index (χ3v) is 5.16. The van der Waals surface area contributed by atoms with E-state index in [1.54, 1.807) is 0 Å². The van der Waals surface area contributed by atoms with Crippen LogP contribution in [-0.2, 0) is 4.74 Å². The van der Waals surface area contributed by atoms with Crippen LogP contribution < -0.4 is 10.2 Å². The second kappa shape index (κ2) is 8.30. The van der Waals surface area contributed by atoms with Gasteiger partial charge in [0, 0.05) is 17.7 Å². The van der Waals surface area contributed by atoms with Crippen molar-refractivity contribution in [1.82, 2.24) is 0 Å². The fourth-order valence-corrected chi connectivity index (χ4v) is 3.43. The number of phenolic OH excluding ortho intramolecular Hbond substituents is 3. The molecular weight excluding hydrogens is 428 g/mol. The summed E-state index contributed by atoms with van der Waals surface area (Å²) in [6.45, 7) is -0.690. The summed E-state index contributed by atoms with van der Waals surface area (Å²) in [7, 11) is 0. The molecule has 1 aliphatic heterocycles. The predicted octanol–water partition coefficient (Wildman–Crippen LogP) is -0.245. The van der Waals surface area contributed by atoms with Crippen molar-refractivity contribution in [2.75, 3.05) is 6.61 Å². The maximum absolute atomic E-state index is 12.6. The molecule has 3 aromatic rings. The van der Waals surface area contributed by atoms with Crippen LogP contribution in [0.15, 0.2) is 45.6 Å². The van der Waals surface area contributed by atoms with Gasteiger partial charge in [0.15, 0.2) is 16.8 Å². The summed E-state index contributed by atoms with van der Waals surface area (Å²) in [6.07, 6.45) is -7.99. The molecule has 2 heterocycles. The minimum atomic E-state index is -1.76. The molecule has 1 unspecified atom stereocenters. The second-order valence-corrected chi connectivity index (χ2v) is 7.28. The zero-order valence-electron chi connectivity index (χ0n) is 16.3. The standard InChI is InChI=1S/C21H20O11/c22-7-14-16(26)18(28)19(29)21(32-14)31-13-6-11(25)15-10(24)5-12(30-20(15)17(13)27)8-1-3-9(23)4-2-8/h1-6,14,16,18-19,21-23,25-29H,7H2/t14-,16-,18+,19-,21?/m1/s1. The molecule has 0 spiro atoms. The highest BCUT2D eigenvalue weighted by Gasteiger charge is 2.45. The van der Waals surface area contributed by atoms with Gasteiger partial charge in [0.05, 0.1) is 6.61 Å². The molecule has 1 fully saturated rings. The van der Waals surface area contributed by atoms with Crippen molar-refractivity contribution < 1.29 is 49.6 Å². The Kier molecular flexibility index (Phi) is 5.67. The fraction of sp³-hybridized carbons (Fsp3) is 0.286. The van der Waals surface area contributed by atoms with Crippen molar-refractivity contribution in [3.8, 4) is 34.3 Å². The first kappa shape index (κ1) is 21.9. The maximum Gasteiger partial charge on any atom is 0.229 e. The quantitative estimate of drug-likeness (QED) is 0.261. The van der Waals surface area contributed by atoms with Crippen LogP contribution >= 0.6 is 0 Å². The van der Waals surface area contributed by atoms with E-state index in [0.29, 0.717) is 5.56 Å². The van der Waals surface area contributed by atoms with Crippen LogP contribution in [0.5, 0.6) is 23.0 Å². The first-order valence-electron chi connectivity index (χ1n) is 9.50. The van der Waals surface area contributed by atoms with Crippen LogP contribution in [0.1, 0.15) is 0 Å². The molecule has 5 atom stereocenters. The van der Waals surface area contributed by atoms with E-state index in [-0.39, 0.29) is 16.9 Å². The zero-order valence-corrected chi connectivity index (χ0v) is 16.3. The molecule has 11 nitrogen and oxygen atoms in total. The topological polar surface area (TPSA) is 190 Å². The predicted molar refractivity (Wildman–Crippen MR) is 107 cm³/mol. The number of phenols is 3. The highest BCUT2D eigenvalue weighted by molar-refractivity contribution is 5.91. The Labute approximate surface area is 179 Å². The molecule has 0 aliphatic carbocycles. The third kappa shape index (κ3) is 3.72. The Bertz CT molecular complexity index is 1190. The molecule has 0 radical (unpaired) electrons. The van der Waals surface area contributed by atoms with E-state index >= 15 is 0 Å². The summed E-state index contributed by atoms with van der Waals surface area (Å²) < 4.78 is 16.2. The van der Waals surface area contributed by atoms with Crippen molar-refractivity contribution in [2.45, 2.75) is 30.7 Å². The van der Waals surface area contributed by atoms with Crippen LogP contribution in [0.2, 0.25) is 0 Å². The highest BCUT2D eigenvalue weighted by atomic mass is 16.7. The van der Waals surface area contributed by atoms with Crippen LogP contribution in [0, 0.1) is 0 Å². The number of aromatic hydroxyl groups is 3. The zero-order chi connectivity index (χ0) is 23.2. The summed E-state index contributed by atoms with van der Waals surface area (Å²) in [5.41, 5.74) is -0.678. The minimum absolute atomic E-state index is 0.00686. The lowest BCUT2D eigenvalue weighted by atomic mass is 9.99. The Hall–Kier alpha value is -3.35. The summed E-state index contributed by atoms with van der Waals surface area (Å²) >= 11 is 0. The molecule has 0 saturated carbocycles. The van der Waals surface area contributed by atoms with Crippen molar-refractivity contribution in [2.24, 2.45) is 0 Å². The Morgan fingerprint density at radius 2 is 1.62 bits per heavy atom. The van der Waals surface area contributed by atoms with E-state index in [0.717, 1.165) is 12.1 Å². The highest BCUT2D eigenvalue weighted by Crippen LogP contribution is 2.41. The Morgan fingerprint density at radius 3 is 2.28 bits per heavy atom. The van der Waals surface area contributed by atoms with E-state index in [1.165, 1.54) is 24.3 Å². The average Bonchev–Trinajstić information content (AvgIpc) is 2.77. The van der Waals surface area contributed by atoms with Crippen LogP contribution in [0.25, 0.3) is 22.3 Å². The number of hydrogen-bond donors (Lipinski definition) is 7. The van der Waals surface area contributed by atoms with Crippen LogP contribution in [-0.4, -0.2) is 73.1 Å². The smallest absolute Gasteiger partial charge is 0.229 e. The van der Waals surface area contributed by atoms with E-state index in [4.69, 9.17) is 13.9 Å². The van der Waals surface area contributed by atoms with Crippen molar-refractivity contribution in [1.29, 1.82) is 0 Å². The number of benzene rings is 2. The first-order valence-corrected chi connectivity index (χ1v) is 9.50. The minimum Gasteiger partial charge on any atom is -0.508 e. The number of fused-ring (bicyclic) bond motifs is 1. The lowest BCUT2D eigenvalue weighted by Crippen LogP contribution is -2.60. The van der Waals surface area contributed by atoms with Gasteiger partial charge in [-0.3, -0.25) is 4.79 Å². The summed E-state index contributed by atoms with van der Waals surface area (Å²) in [5, 5.41) is 69.3. The van der Waals surface area contributed by atoms with Gasteiger partial charge < -0.3 is 49.6 Å². The monoisotopic (exact) mass is 448 g/mol. The molecule has 0 amide bonds. The number of hydrogen-bond acceptors (Lipinski definition) is 11. The number of ether oxygens (including phenoxy) is 2. The van der Waals surface area contributed by atoms with Gasteiger partial charge in [0.25, 0.3) is 0 Å². The molecule has 0 bridgehead atoms. The van der Waals surface area contributed by atoms with Gasteiger partial charge in [-0.2, -0.15) is 0 Å². The van der Waals surface area contributed by atoms with Gasteiger partial charge in [-0.1, -0.05) is 0 Å². The van der Waals surface area contributed by atoms with Gasteiger partial charge in [-0.05, 0) is 24.3 Å². The third-order valence-electron chi connectivity index (χ3n) is 5.16. The molecule has 32 heavy (non-hydrogen) atoms. The fourth-order valence-electron chi connectivity index (χ4n) is 3.43. The lowest BCUT2D eigenvalue weighted by Gasteiger charge is -2.39. The number of rotatable bonds is 4. The maximum atomic E-state index is 12.6.